The number of hydrogen-bond acceptors (Lipinski definition) is 8. The highest BCUT2D eigenvalue weighted by Crippen LogP contribution is 2.35. The van der Waals surface area contributed by atoms with Gasteiger partial charge in [-0.1, -0.05) is 0 Å². The van der Waals surface area contributed by atoms with Gasteiger partial charge in [0.1, 0.15) is 17.1 Å². The van der Waals surface area contributed by atoms with E-state index >= 15 is 0 Å². The van der Waals surface area contributed by atoms with Crippen LogP contribution in [0.5, 0.6) is 5.75 Å². The summed E-state index contributed by atoms with van der Waals surface area (Å²) in [6.07, 6.45) is -0.969. The highest BCUT2D eigenvalue weighted by atomic mass is 19.4. The predicted molar refractivity (Wildman–Crippen MR) is 130 cm³/mol. The van der Waals surface area contributed by atoms with Crippen molar-refractivity contribution in [3.63, 3.8) is 0 Å². The Morgan fingerprint density at radius 1 is 1.17 bits per heavy atom. The zero-order valence-electron chi connectivity index (χ0n) is 20.2. The van der Waals surface area contributed by atoms with Gasteiger partial charge >= 0.3 is 6.18 Å². The third-order valence-electron chi connectivity index (χ3n) is 6.22. The van der Waals surface area contributed by atoms with E-state index in [-0.39, 0.29) is 24.2 Å². The summed E-state index contributed by atoms with van der Waals surface area (Å²) in [5.41, 5.74) is 0.520. The van der Waals surface area contributed by atoms with Gasteiger partial charge in [0.2, 0.25) is 11.9 Å². The van der Waals surface area contributed by atoms with Crippen LogP contribution in [0.25, 0.3) is 0 Å². The second-order valence-corrected chi connectivity index (χ2v) is 8.68. The number of halogens is 3. The molecule has 4 rings (SSSR count). The highest BCUT2D eigenvalue weighted by Gasteiger charge is 2.35. The van der Waals surface area contributed by atoms with Crippen LogP contribution in [-0.4, -0.2) is 73.8 Å². The number of anilines is 4. The number of nitrogens with zero attached hydrogens (tertiary/aromatic N) is 4. The van der Waals surface area contributed by atoms with Crippen molar-refractivity contribution in [2.24, 2.45) is 0 Å². The van der Waals surface area contributed by atoms with Crippen molar-refractivity contribution in [1.82, 2.24) is 14.9 Å². The quantitative estimate of drug-likeness (QED) is 0.493. The maximum absolute atomic E-state index is 13.6. The molecule has 3 heterocycles. The summed E-state index contributed by atoms with van der Waals surface area (Å²) in [6, 6.07) is 5.56. The lowest BCUT2D eigenvalue weighted by Gasteiger charge is -2.29. The monoisotopic (exact) mass is 508 g/mol. The van der Waals surface area contributed by atoms with Crippen LogP contribution in [0.15, 0.2) is 24.4 Å². The number of methoxy groups -OCH3 is 1. The summed E-state index contributed by atoms with van der Waals surface area (Å²) in [7, 11) is 1.52. The van der Waals surface area contributed by atoms with Crippen LogP contribution < -0.4 is 20.3 Å². The summed E-state index contributed by atoms with van der Waals surface area (Å²) in [6.45, 7) is 4.14. The lowest BCUT2D eigenvalue weighted by atomic mass is 10.1. The molecule has 2 aromatic rings. The lowest BCUT2D eigenvalue weighted by molar-refractivity contribution is -0.137. The molecule has 0 bridgehead atoms. The summed E-state index contributed by atoms with van der Waals surface area (Å²) in [5, 5.41) is 5.79. The minimum absolute atomic E-state index is 0.00846. The molecule has 1 aromatic carbocycles. The predicted octanol–water partition coefficient (Wildman–Crippen LogP) is 3.90. The molecular weight excluding hydrogens is 477 g/mol. The number of alkyl halides is 3. The van der Waals surface area contributed by atoms with Crippen LogP contribution in [-0.2, 0) is 15.7 Å². The van der Waals surface area contributed by atoms with E-state index in [1.165, 1.54) is 7.11 Å². The number of carbonyl (C=O) groups excluding carboxylic acids is 1. The number of piperidine rings is 1. The summed E-state index contributed by atoms with van der Waals surface area (Å²) >= 11 is 0. The van der Waals surface area contributed by atoms with Gasteiger partial charge in [0, 0.05) is 51.0 Å². The lowest BCUT2D eigenvalue weighted by Crippen LogP contribution is -2.36. The number of ether oxygens (including phenoxy) is 2. The second kappa shape index (κ2) is 11.6. The fraction of sp³-hybridized carbons (Fsp3) is 0.542. The first kappa shape index (κ1) is 25.8. The Bertz CT molecular complexity index is 1050. The average Bonchev–Trinajstić information content (AvgIpc) is 2.87. The molecule has 1 aromatic heterocycles. The molecule has 9 nitrogen and oxygen atoms in total. The van der Waals surface area contributed by atoms with E-state index in [0.29, 0.717) is 50.6 Å². The fourth-order valence-corrected chi connectivity index (χ4v) is 4.29. The number of amides is 1. The standard InChI is InChI=1S/C24H31F3N6O3/c1-35-20-7-6-17(32-11-13-36-14-12-32)15-19(20)30-23-29-16-18(24(25,26)27)22(31-23)28-8-4-10-33-9-3-2-5-21(33)34/h6-7,15-16H,2-5,8-14H2,1H3,(H2,28,29,30,31). The molecule has 0 spiro atoms. The zero-order chi connectivity index (χ0) is 25.5. The van der Waals surface area contributed by atoms with Gasteiger partial charge < -0.3 is 29.9 Å². The molecular formula is C24H31F3N6O3. The number of carbonyl (C=O) groups is 1. The Labute approximate surface area is 208 Å². The molecule has 2 aliphatic rings. The van der Waals surface area contributed by atoms with Crippen LogP contribution >= 0.6 is 0 Å². The van der Waals surface area contributed by atoms with Crippen LogP contribution in [0, 0.1) is 0 Å². The Morgan fingerprint density at radius 2 is 1.97 bits per heavy atom. The Hall–Kier alpha value is -3.28. The van der Waals surface area contributed by atoms with Crippen molar-refractivity contribution in [2.75, 3.05) is 68.6 Å². The fourth-order valence-electron chi connectivity index (χ4n) is 4.29. The Morgan fingerprint density at radius 3 is 2.69 bits per heavy atom. The molecule has 2 fully saturated rings. The molecule has 12 heteroatoms. The molecule has 0 unspecified atom stereocenters. The Kier molecular flexibility index (Phi) is 8.34. The zero-order valence-corrected chi connectivity index (χ0v) is 20.2. The SMILES string of the molecule is COc1ccc(N2CCOCC2)cc1Nc1ncc(C(F)(F)F)c(NCCCN2CCCCC2=O)n1. The van der Waals surface area contributed by atoms with Gasteiger partial charge in [0.15, 0.2) is 0 Å². The normalized spacial score (nSPS) is 16.7. The van der Waals surface area contributed by atoms with Gasteiger partial charge in [0.05, 0.1) is 26.0 Å². The van der Waals surface area contributed by atoms with E-state index in [0.717, 1.165) is 37.8 Å². The number of rotatable bonds is 9. The molecule has 2 aliphatic heterocycles. The number of benzene rings is 1. The molecule has 36 heavy (non-hydrogen) atoms. The minimum atomic E-state index is -4.61. The topological polar surface area (TPSA) is 91.9 Å². The molecule has 0 aliphatic carbocycles. The third-order valence-corrected chi connectivity index (χ3v) is 6.22. The molecule has 2 saturated heterocycles. The van der Waals surface area contributed by atoms with Gasteiger partial charge in [-0.2, -0.15) is 18.2 Å². The number of morpholine rings is 1. The molecule has 196 valence electrons. The van der Waals surface area contributed by atoms with Gasteiger partial charge in [-0.15, -0.1) is 0 Å². The largest absolute Gasteiger partial charge is 0.495 e. The highest BCUT2D eigenvalue weighted by molar-refractivity contribution is 5.76. The average molecular weight is 509 g/mol. The maximum atomic E-state index is 13.6. The molecule has 1 amide bonds. The van der Waals surface area contributed by atoms with Gasteiger partial charge in [-0.25, -0.2) is 4.98 Å². The first-order chi connectivity index (χ1) is 17.3. The van der Waals surface area contributed by atoms with Crippen LogP contribution in [0.4, 0.5) is 36.3 Å². The summed E-state index contributed by atoms with van der Waals surface area (Å²) in [5.74, 6) is 0.303. The van der Waals surface area contributed by atoms with Crippen molar-refractivity contribution in [2.45, 2.75) is 31.9 Å². The van der Waals surface area contributed by atoms with E-state index in [9.17, 15) is 18.0 Å². The van der Waals surface area contributed by atoms with E-state index < -0.39 is 11.7 Å². The number of hydrogen-bond donors (Lipinski definition) is 2. The third kappa shape index (κ3) is 6.48. The van der Waals surface area contributed by atoms with E-state index in [1.54, 1.807) is 11.0 Å². The van der Waals surface area contributed by atoms with Crippen molar-refractivity contribution in [3.8, 4) is 5.75 Å². The van der Waals surface area contributed by atoms with Crippen LogP contribution in [0.1, 0.15) is 31.2 Å². The first-order valence-corrected chi connectivity index (χ1v) is 12.1. The van der Waals surface area contributed by atoms with Crippen LogP contribution in [0.3, 0.4) is 0 Å². The van der Waals surface area contributed by atoms with Crippen molar-refractivity contribution in [1.29, 1.82) is 0 Å². The van der Waals surface area contributed by atoms with Crippen molar-refractivity contribution >= 4 is 29.0 Å². The maximum Gasteiger partial charge on any atom is 0.421 e. The van der Waals surface area contributed by atoms with Crippen LogP contribution in [0.2, 0.25) is 0 Å². The molecule has 0 atom stereocenters. The van der Waals surface area contributed by atoms with Gasteiger partial charge in [-0.05, 0) is 37.5 Å². The second-order valence-electron chi connectivity index (χ2n) is 8.68. The van der Waals surface area contributed by atoms with E-state index in [2.05, 4.69) is 25.5 Å². The minimum Gasteiger partial charge on any atom is -0.495 e. The molecule has 2 N–H and O–H groups in total. The van der Waals surface area contributed by atoms with Gasteiger partial charge in [0.25, 0.3) is 0 Å². The first-order valence-electron chi connectivity index (χ1n) is 12.1. The molecule has 0 saturated carbocycles. The van der Waals surface area contributed by atoms with E-state index in [1.807, 2.05) is 12.1 Å². The van der Waals surface area contributed by atoms with Crippen molar-refractivity contribution in [3.05, 3.63) is 30.0 Å². The Balaban J connectivity index is 1.48. The molecule has 0 radical (unpaired) electrons. The van der Waals surface area contributed by atoms with Gasteiger partial charge in [-0.3, -0.25) is 4.79 Å². The van der Waals surface area contributed by atoms with Crippen molar-refractivity contribution < 1.29 is 27.4 Å². The number of nitrogens with one attached hydrogen (secondary N) is 2. The number of likely N-dealkylation sites (tertiary alicyclic amines) is 1. The summed E-state index contributed by atoms with van der Waals surface area (Å²) < 4.78 is 51.6. The number of aromatic nitrogens is 2. The smallest absolute Gasteiger partial charge is 0.421 e. The summed E-state index contributed by atoms with van der Waals surface area (Å²) in [4.78, 5) is 23.9. The van der Waals surface area contributed by atoms with E-state index in [4.69, 9.17) is 9.47 Å².